The first-order chi connectivity index (χ1) is 4.89. The zero-order valence-electron chi connectivity index (χ0n) is 6.28. The largest absolute Gasteiger partial charge is 0.369 e. The second kappa shape index (κ2) is 3.68. The zero-order chi connectivity index (χ0) is 9.07. The molecule has 1 unspecified atom stereocenters. The van der Waals surface area contributed by atoms with E-state index in [0.717, 1.165) is 0 Å². The highest BCUT2D eigenvalue weighted by Gasteiger charge is 2.25. The predicted octanol–water partition coefficient (Wildman–Crippen LogP) is -1.07. The molecule has 0 heterocycles. The topological polar surface area (TPSA) is 103 Å². The molecule has 0 fully saturated rings. The molecule has 0 rings (SSSR count). The van der Waals surface area contributed by atoms with Crippen LogP contribution < -0.4 is 10.9 Å². The molecule has 5 nitrogen and oxygen atoms in total. The van der Waals surface area contributed by atoms with E-state index in [4.69, 9.17) is 10.9 Å². The third-order valence-electron chi connectivity index (χ3n) is 1.26. The Labute approximate surface area is 65.8 Å². The Morgan fingerprint density at radius 2 is 2.00 bits per heavy atom. The molecule has 0 aliphatic rings. The van der Waals surface area contributed by atoms with Crippen LogP contribution in [0.1, 0.15) is 19.8 Å². The van der Waals surface area contributed by atoms with E-state index >= 15 is 0 Å². The van der Waals surface area contributed by atoms with Gasteiger partial charge in [-0.25, -0.2) is 13.6 Å². The van der Waals surface area contributed by atoms with Crippen molar-refractivity contribution in [3.05, 3.63) is 0 Å². The maximum Gasteiger partial charge on any atom is 0.237 e. The van der Waals surface area contributed by atoms with Gasteiger partial charge in [-0.15, -0.1) is 0 Å². The maximum atomic E-state index is 10.6. The lowest BCUT2D eigenvalue weighted by Gasteiger charge is -2.07. The highest BCUT2D eigenvalue weighted by molar-refractivity contribution is 7.90. The van der Waals surface area contributed by atoms with Crippen LogP contribution in [0, 0.1) is 0 Å². The minimum atomic E-state index is -3.80. The first-order valence-electron chi connectivity index (χ1n) is 3.20. The number of hydrogen-bond donors (Lipinski definition) is 2. The fourth-order valence-electron chi connectivity index (χ4n) is 0.731. The summed E-state index contributed by atoms with van der Waals surface area (Å²) in [6.07, 6.45) is 0.748. The summed E-state index contributed by atoms with van der Waals surface area (Å²) >= 11 is 0. The van der Waals surface area contributed by atoms with Crippen LogP contribution in [-0.4, -0.2) is 19.6 Å². The Balaban J connectivity index is 4.49. The number of primary amides is 1. The van der Waals surface area contributed by atoms with Gasteiger partial charge in [-0.2, -0.15) is 0 Å². The molecule has 0 saturated carbocycles. The number of nitrogens with two attached hydrogens (primary N) is 2. The molecule has 0 aromatic carbocycles. The third kappa shape index (κ3) is 3.33. The van der Waals surface area contributed by atoms with Crippen LogP contribution in [0.5, 0.6) is 0 Å². The highest BCUT2D eigenvalue weighted by Crippen LogP contribution is 2.03. The van der Waals surface area contributed by atoms with Gasteiger partial charge in [0.05, 0.1) is 0 Å². The van der Waals surface area contributed by atoms with Crippen molar-refractivity contribution in [2.45, 2.75) is 25.0 Å². The van der Waals surface area contributed by atoms with Gasteiger partial charge in [0, 0.05) is 0 Å². The monoisotopic (exact) mass is 180 g/mol. The second-order valence-electron chi connectivity index (χ2n) is 2.27. The molecule has 0 bridgehead atoms. The number of sulfonamides is 1. The number of primary sulfonamides is 1. The van der Waals surface area contributed by atoms with Crippen LogP contribution in [0.2, 0.25) is 0 Å². The molecular formula is C5H12N2O3S. The third-order valence-corrected chi connectivity index (χ3v) is 2.53. The molecule has 11 heavy (non-hydrogen) atoms. The minimum absolute atomic E-state index is 0.189. The van der Waals surface area contributed by atoms with Gasteiger partial charge in [0.25, 0.3) is 0 Å². The number of rotatable bonds is 4. The minimum Gasteiger partial charge on any atom is -0.369 e. The number of carbonyl (C=O) groups is 1. The van der Waals surface area contributed by atoms with E-state index in [2.05, 4.69) is 0 Å². The smallest absolute Gasteiger partial charge is 0.237 e. The van der Waals surface area contributed by atoms with Crippen LogP contribution in [0.3, 0.4) is 0 Å². The van der Waals surface area contributed by atoms with Crippen LogP contribution >= 0.6 is 0 Å². The van der Waals surface area contributed by atoms with Gasteiger partial charge in [0.15, 0.2) is 5.25 Å². The number of hydrogen-bond acceptors (Lipinski definition) is 3. The summed E-state index contributed by atoms with van der Waals surface area (Å²) in [5.41, 5.74) is 4.81. The van der Waals surface area contributed by atoms with Crippen molar-refractivity contribution in [1.82, 2.24) is 0 Å². The van der Waals surface area contributed by atoms with Crippen molar-refractivity contribution >= 4 is 15.9 Å². The molecule has 0 aromatic rings. The maximum absolute atomic E-state index is 10.6. The van der Waals surface area contributed by atoms with Gasteiger partial charge in [-0.3, -0.25) is 4.79 Å². The fraction of sp³-hybridized carbons (Fsp3) is 0.800. The molecule has 0 aromatic heterocycles. The predicted molar refractivity (Wildman–Crippen MR) is 41.0 cm³/mol. The molecule has 0 aliphatic carbocycles. The molecule has 1 atom stereocenters. The molecule has 66 valence electrons. The lowest BCUT2D eigenvalue weighted by atomic mass is 10.2. The van der Waals surface area contributed by atoms with Crippen molar-refractivity contribution in [2.75, 3.05) is 0 Å². The van der Waals surface area contributed by atoms with Crippen LogP contribution in [0.15, 0.2) is 0 Å². The molecular weight excluding hydrogens is 168 g/mol. The summed E-state index contributed by atoms with van der Waals surface area (Å²) in [6, 6.07) is 0. The molecule has 4 N–H and O–H groups in total. The van der Waals surface area contributed by atoms with Gasteiger partial charge < -0.3 is 5.73 Å². The van der Waals surface area contributed by atoms with Crippen LogP contribution in [-0.2, 0) is 14.8 Å². The quantitative estimate of drug-likeness (QED) is 0.575. The Morgan fingerprint density at radius 3 is 2.09 bits per heavy atom. The normalized spacial score (nSPS) is 14.4. The summed E-state index contributed by atoms with van der Waals surface area (Å²) in [5, 5.41) is 3.51. The van der Waals surface area contributed by atoms with E-state index in [1.807, 2.05) is 0 Å². The molecule has 0 spiro atoms. The Hall–Kier alpha value is -0.620. The fourth-order valence-corrected chi connectivity index (χ4v) is 1.62. The van der Waals surface area contributed by atoms with Gasteiger partial charge in [0.2, 0.25) is 15.9 Å². The van der Waals surface area contributed by atoms with Gasteiger partial charge in [0.1, 0.15) is 0 Å². The van der Waals surface area contributed by atoms with E-state index in [1.165, 1.54) is 0 Å². The summed E-state index contributed by atoms with van der Waals surface area (Å²) < 4.78 is 21.3. The van der Waals surface area contributed by atoms with E-state index in [9.17, 15) is 13.2 Å². The van der Waals surface area contributed by atoms with Gasteiger partial charge in [-0.1, -0.05) is 13.3 Å². The molecule has 1 amide bonds. The molecule has 6 heteroatoms. The summed E-state index contributed by atoms with van der Waals surface area (Å²) in [4.78, 5) is 10.5. The van der Waals surface area contributed by atoms with E-state index < -0.39 is 21.2 Å². The highest BCUT2D eigenvalue weighted by atomic mass is 32.2. The zero-order valence-corrected chi connectivity index (χ0v) is 7.10. The molecule has 0 radical (unpaired) electrons. The second-order valence-corrected chi connectivity index (χ2v) is 4.02. The molecule has 0 saturated heterocycles. The SMILES string of the molecule is CCCC(C(N)=O)S(N)(=O)=O. The lowest BCUT2D eigenvalue weighted by Crippen LogP contribution is -2.39. The van der Waals surface area contributed by atoms with E-state index in [-0.39, 0.29) is 6.42 Å². The molecule has 0 aliphatic heterocycles. The van der Waals surface area contributed by atoms with Crippen molar-refractivity contribution in [2.24, 2.45) is 10.9 Å². The number of amides is 1. The average molecular weight is 180 g/mol. The summed E-state index contributed by atoms with van der Waals surface area (Å²) in [6.45, 7) is 1.75. The van der Waals surface area contributed by atoms with Crippen molar-refractivity contribution in [1.29, 1.82) is 0 Å². The van der Waals surface area contributed by atoms with Crippen molar-refractivity contribution in [3.8, 4) is 0 Å². The average Bonchev–Trinajstić information content (AvgIpc) is 1.79. The van der Waals surface area contributed by atoms with Gasteiger partial charge >= 0.3 is 0 Å². The van der Waals surface area contributed by atoms with E-state index in [0.29, 0.717) is 6.42 Å². The van der Waals surface area contributed by atoms with Gasteiger partial charge in [-0.05, 0) is 6.42 Å². The van der Waals surface area contributed by atoms with Crippen molar-refractivity contribution in [3.63, 3.8) is 0 Å². The number of carbonyl (C=O) groups excluding carboxylic acids is 1. The van der Waals surface area contributed by atoms with Crippen LogP contribution in [0.4, 0.5) is 0 Å². The van der Waals surface area contributed by atoms with E-state index in [1.54, 1.807) is 6.92 Å². The standard InChI is InChI=1S/C5H12N2O3S/c1-2-3-4(5(6)8)11(7,9)10/h4H,2-3H2,1H3,(H2,6,8)(H2,7,9,10). The Morgan fingerprint density at radius 1 is 1.55 bits per heavy atom. The summed E-state index contributed by atoms with van der Waals surface area (Å²) in [5.74, 6) is -0.880. The first kappa shape index (κ1) is 10.4. The summed E-state index contributed by atoms with van der Waals surface area (Å²) in [7, 11) is -3.80. The van der Waals surface area contributed by atoms with Crippen LogP contribution in [0.25, 0.3) is 0 Å². The Kier molecular flexibility index (Phi) is 3.47. The van der Waals surface area contributed by atoms with Crippen molar-refractivity contribution < 1.29 is 13.2 Å². The first-order valence-corrected chi connectivity index (χ1v) is 4.81. The Bertz CT molecular complexity index is 234. The lowest BCUT2D eigenvalue weighted by molar-refractivity contribution is -0.117.